The first-order valence-electron chi connectivity index (χ1n) is 5.02. The smallest absolute Gasteiger partial charge is 0.135 e. The van der Waals surface area contributed by atoms with Gasteiger partial charge in [0.1, 0.15) is 5.78 Å². The van der Waals surface area contributed by atoms with Gasteiger partial charge in [-0.15, -0.1) is 11.3 Å². The first-order chi connectivity index (χ1) is 6.75. The normalized spacial score (nSPS) is 21.8. The number of Topliss-reactive ketones (excluding diaryl/α,β-unsaturated/α-hetero) is 1. The summed E-state index contributed by atoms with van der Waals surface area (Å²) >= 11 is 5.23. The van der Waals surface area contributed by atoms with E-state index < -0.39 is 0 Å². The Morgan fingerprint density at radius 2 is 2.36 bits per heavy atom. The standard InChI is InChI=1S/C11H13BrOS/c12-11-7-6-9(14-11)5-4-8-2-1-3-10(8)13/h6-8H,1-5H2. The number of aryl methyl sites for hydroxylation is 1. The predicted octanol–water partition coefficient (Wildman–Crippen LogP) is 3.81. The van der Waals surface area contributed by atoms with Gasteiger partial charge in [-0.3, -0.25) is 4.79 Å². The summed E-state index contributed by atoms with van der Waals surface area (Å²) in [4.78, 5) is 12.8. The Bertz CT molecular complexity index is 332. The maximum absolute atomic E-state index is 11.4. The summed E-state index contributed by atoms with van der Waals surface area (Å²) < 4.78 is 1.19. The highest BCUT2D eigenvalue weighted by Crippen LogP contribution is 2.28. The minimum atomic E-state index is 0.357. The molecule has 1 aliphatic rings. The maximum atomic E-state index is 11.4. The lowest BCUT2D eigenvalue weighted by molar-refractivity contribution is -0.120. The molecule has 1 unspecified atom stereocenters. The molecule has 3 heteroatoms. The van der Waals surface area contributed by atoms with Gasteiger partial charge < -0.3 is 0 Å². The van der Waals surface area contributed by atoms with E-state index in [1.54, 1.807) is 11.3 Å². The average molecular weight is 273 g/mol. The highest BCUT2D eigenvalue weighted by Gasteiger charge is 2.23. The van der Waals surface area contributed by atoms with Crippen molar-refractivity contribution in [1.82, 2.24) is 0 Å². The van der Waals surface area contributed by atoms with Crippen LogP contribution in [0.3, 0.4) is 0 Å². The van der Waals surface area contributed by atoms with Gasteiger partial charge in [0.2, 0.25) is 0 Å². The van der Waals surface area contributed by atoms with Gasteiger partial charge in [0.05, 0.1) is 3.79 Å². The first kappa shape index (κ1) is 10.4. The second-order valence-electron chi connectivity index (χ2n) is 3.80. The molecule has 0 N–H and O–H groups in total. The molecule has 0 spiro atoms. The van der Waals surface area contributed by atoms with Crippen molar-refractivity contribution in [2.45, 2.75) is 32.1 Å². The highest BCUT2D eigenvalue weighted by molar-refractivity contribution is 9.11. The van der Waals surface area contributed by atoms with E-state index in [4.69, 9.17) is 0 Å². The number of ketones is 1. The van der Waals surface area contributed by atoms with E-state index in [0.29, 0.717) is 11.7 Å². The predicted molar refractivity (Wildman–Crippen MR) is 62.7 cm³/mol. The molecule has 14 heavy (non-hydrogen) atoms. The molecule has 1 fully saturated rings. The molecule has 0 amide bonds. The number of halogens is 1. The molecule has 1 atom stereocenters. The second kappa shape index (κ2) is 4.58. The number of hydrogen-bond acceptors (Lipinski definition) is 2. The number of thiophene rings is 1. The van der Waals surface area contributed by atoms with Crippen molar-refractivity contribution in [2.24, 2.45) is 5.92 Å². The molecule has 1 aromatic heterocycles. The summed E-state index contributed by atoms with van der Waals surface area (Å²) in [5, 5.41) is 0. The zero-order valence-electron chi connectivity index (χ0n) is 7.96. The molecule has 0 aliphatic heterocycles. The van der Waals surface area contributed by atoms with Gasteiger partial charge in [0, 0.05) is 17.2 Å². The van der Waals surface area contributed by atoms with Gasteiger partial charge in [0.25, 0.3) is 0 Å². The SMILES string of the molecule is O=C1CCCC1CCc1ccc(Br)s1. The summed E-state index contributed by atoms with van der Waals surface area (Å²) in [5.74, 6) is 0.844. The van der Waals surface area contributed by atoms with Crippen molar-refractivity contribution in [3.8, 4) is 0 Å². The topological polar surface area (TPSA) is 17.1 Å². The first-order valence-corrected chi connectivity index (χ1v) is 6.63. The summed E-state index contributed by atoms with van der Waals surface area (Å²) in [6.45, 7) is 0. The Morgan fingerprint density at radius 1 is 1.50 bits per heavy atom. The van der Waals surface area contributed by atoms with Crippen LogP contribution in [0, 0.1) is 5.92 Å². The number of carbonyl (C=O) groups is 1. The van der Waals surface area contributed by atoms with Gasteiger partial charge in [-0.2, -0.15) is 0 Å². The largest absolute Gasteiger partial charge is 0.299 e. The van der Waals surface area contributed by atoms with Crippen LogP contribution in [0.25, 0.3) is 0 Å². The molecule has 76 valence electrons. The van der Waals surface area contributed by atoms with Gasteiger partial charge >= 0.3 is 0 Å². The van der Waals surface area contributed by atoms with Crippen LogP contribution < -0.4 is 0 Å². The quantitative estimate of drug-likeness (QED) is 0.818. The van der Waals surface area contributed by atoms with Crippen LogP contribution in [0.2, 0.25) is 0 Å². The lowest BCUT2D eigenvalue weighted by Gasteiger charge is -2.05. The Morgan fingerprint density at radius 3 is 2.93 bits per heavy atom. The van der Waals surface area contributed by atoms with Crippen LogP contribution in [0.1, 0.15) is 30.6 Å². The number of rotatable bonds is 3. The Kier molecular flexibility index (Phi) is 3.39. The van der Waals surface area contributed by atoms with Crippen LogP contribution >= 0.6 is 27.3 Å². The van der Waals surface area contributed by atoms with Crippen molar-refractivity contribution in [1.29, 1.82) is 0 Å². The van der Waals surface area contributed by atoms with Crippen LogP contribution in [-0.2, 0) is 11.2 Å². The minimum Gasteiger partial charge on any atom is -0.299 e. The second-order valence-corrected chi connectivity index (χ2v) is 6.35. The fourth-order valence-corrected chi connectivity index (χ4v) is 3.49. The zero-order chi connectivity index (χ0) is 9.97. The molecule has 1 nitrogen and oxygen atoms in total. The van der Waals surface area contributed by atoms with E-state index >= 15 is 0 Å². The van der Waals surface area contributed by atoms with E-state index in [-0.39, 0.29) is 0 Å². The van der Waals surface area contributed by atoms with E-state index in [0.717, 1.165) is 32.1 Å². The monoisotopic (exact) mass is 272 g/mol. The van der Waals surface area contributed by atoms with Gasteiger partial charge in [-0.1, -0.05) is 0 Å². The molecule has 2 rings (SSSR count). The molecule has 0 radical (unpaired) electrons. The Balaban J connectivity index is 1.85. The molecule has 1 heterocycles. The molecule has 1 aliphatic carbocycles. The highest BCUT2D eigenvalue weighted by atomic mass is 79.9. The summed E-state index contributed by atoms with van der Waals surface area (Å²) in [7, 11) is 0. The lowest BCUT2D eigenvalue weighted by atomic mass is 10.0. The van der Waals surface area contributed by atoms with Gasteiger partial charge in [0.15, 0.2) is 0 Å². The van der Waals surface area contributed by atoms with E-state index in [1.165, 1.54) is 8.66 Å². The molecule has 1 aromatic rings. The summed E-state index contributed by atoms with van der Waals surface area (Å²) in [6, 6.07) is 4.23. The van der Waals surface area contributed by atoms with Crippen LogP contribution in [0.5, 0.6) is 0 Å². The van der Waals surface area contributed by atoms with E-state index in [1.807, 2.05) is 0 Å². The average Bonchev–Trinajstić information content (AvgIpc) is 2.72. The molecule has 0 saturated heterocycles. The van der Waals surface area contributed by atoms with E-state index in [9.17, 15) is 4.79 Å². The fraction of sp³-hybridized carbons (Fsp3) is 0.545. The van der Waals surface area contributed by atoms with Gasteiger partial charge in [-0.25, -0.2) is 0 Å². The third-order valence-electron chi connectivity index (χ3n) is 2.80. The maximum Gasteiger partial charge on any atom is 0.135 e. The zero-order valence-corrected chi connectivity index (χ0v) is 10.4. The van der Waals surface area contributed by atoms with Crippen molar-refractivity contribution < 1.29 is 4.79 Å². The Hall–Kier alpha value is -0.150. The van der Waals surface area contributed by atoms with Crippen molar-refractivity contribution in [2.75, 3.05) is 0 Å². The fourth-order valence-electron chi connectivity index (χ4n) is 2.00. The van der Waals surface area contributed by atoms with Crippen molar-refractivity contribution in [3.63, 3.8) is 0 Å². The molecular formula is C11H13BrOS. The molecule has 0 aromatic carbocycles. The van der Waals surface area contributed by atoms with Crippen molar-refractivity contribution >= 4 is 33.0 Å². The van der Waals surface area contributed by atoms with Crippen LogP contribution in [0.4, 0.5) is 0 Å². The van der Waals surface area contributed by atoms with E-state index in [2.05, 4.69) is 28.1 Å². The minimum absolute atomic E-state index is 0.357. The number of carbonyl (C=O) groups excluding carboxylic acids is 1. The third kappa shape index (κ3) is 2.45. The summed E-state index contributed by atoms with van der Waals surface area (Å²) in [5.41, 5.74) is 0. The van der Waals surface area contributed by atoms with Gasteiger partial charge in [-0.05, 0) is 53.7 Å². The van der Waals surface area contributed by atoms with Crippen LogP contribution in [-0.4, -0.2) is 5.78 Å². The molecular weight excluding hydrogens is 260 g/mol. The summed E-state index contributed by atoms with van der Waals surface area (Å²) in [6.07, 6.45) is 5.15. The van der Waals surface area contributed by atoms with Crippen LogP contribution in [0.15, 0.2) is 15.9 Å². The van der Waals surface area contributed by atoms with Crippen molar-refractivity contribution in [3.05, 3.63) is 20.8 Å². The molecule has 0 bridgehead atoms. The molecule has 1 saturated carbocycles. The number of hydrogen-bond donors (Lipinski definition) is 0. The lowest BCUT2D eigenvalue weighted by Crippen LogP contribution is -2.06. The Labute approximate surface area is 96.6 Å². The third-order valence-corrected chi connectivity index (χ3v) is 4.48.